The van der Waals surface area contributed by atoms with E-state index >= 15 is 0 Å². The molecule has 0 saturated carbocycles. The number of thioether (sulfide) groups is 1. The van der Waals surface area contributed by atoms with E-state index in [0.717, 1.165) is 31.3 Å². The summed E-state index contributed by atoms with van der Waals surface area (Å²) in [6.45, 7) is 7.43. The fraction of sp³-hybridized carbons (Fsp3) is 0.600. The van der Waals surface area contributed by atoms with E-state index in [1.54, 1.807) is 19.0 Å². The number of guanidine groups is 1. The molecule has 7 heteroatoms. The first-order chi connectivity index (χ1) is 12.5. The Morgan fingerprint density at radius 2 is 2.04 bits per heavy atom. The van der Waals surface area contributed by atoms with Crippen LogP contribution in [0.3, 0.4) is 0 Å². The number of rotatable bonds is 7. The highest BCUT2D eigenvalue weighted by Gasteiger charge is 2.25. The van der Waals surface area contributed by atoms with Crippen molar-refractivity contribution in [1.29, 1.82) is 0 Å². The Morgan fingerprint density at radius 1 is 1.33 bits per heavy atom. The zero-order chi connectivity index (χ0) is 18.9. The first kappa shape index (κ1) is 24.1. The van der Waals surface area contributed by atoms with Gasteiger partial charge in [-0.15, -0.1) is 35.7 Å². The van der Waals surface area contributed by atoms with Crippen LogP contribution in [0.5, 0.6) is 0 Å². The average molecular weight is 504 g/mol. The van der Waals surface area contributed by atoms with Crippen molar-refractivity contribution in [3.63, 3.8) is 0 Å². The third-order valence-electron chi connectivity index (χ3n) is 4.35. The smallest absolute Gasteiger partial charge is 0.243 e. The minimum Gasteiger partial charge on any atom is -0.356 e. The van der Waals surface area contributed by atoms with Crippen LogP contribution in [-0.2, 0) is 4.79 Å². The molecule has 1 unspecified atom stereocenters. The van der Waals surface area contributed by atoms with E-state index < -0.39 is 0 Å². The fourth-order valence-corrected chi connectivity index (χ4v) is 3.79. The Bertz CT molecular complexity index is 595. The zero-order valence-electron chi connectivity index (χ0n) is 16.9. The zero-order valence-corrected chi connectivity index (χ0v) is 20.0. The highest BCUT2D eigenvalue weighted by Crippen LogP contribution is 2.25. The van der Waals surface area contributed by atoms with Crippen LogP contribution < -0.4 is 5.32 Å². The second-order valence-corrected chi connectivity index (χ2v) is 8.52. The number of nitrogens with zero attached hydrogens (tertiary/aromatic N) is 3. The molecule has 1 amide bonds. The molecule has 5 nitrogen and oxygen atoms in total. The van der Waals surface area contributed by atoms with Crippen molar-refractivity contribution in [2.45, 2.75) is 25.2 Å². The van der Waals surface area contributed by atoms with Crippen molar-refractivity contribution in [1.82, 2.24) is 15.1 Å². The maximum absolute atomic E-state index is 11.9. The maximum atomic E-state index is 11.9. The number of amides is 1. The Morgan fingerprint density at radius 3 is 2.67 bits per heavy atom. The van der Waals surface area contributed by atoms with E-state index in [2.05, 4.69) is 59.4 Å². The van der Waals surface area contributed by atoms with Crippen LogP contribution in [0.15, 0.2) is 40.2 Å². The van der Waals surface area contributed by atoms with Crippen LogP contribution in [0.1, 0.15) is 20.3 Å². The number of benzene rings is 1. The van der Waals surface area contributed by atoms with Gasteiger partial charge in [0.1, 0.15) is 6.54 Å². The van der Waals surface area contributed by atoms with Gasteiger partial charge in [-0.05, 0) is 30.4 Å². The molecule has 2 rings (SSSR count). The van der Waals surface area contributed by atoms with Gasteiger partial charge in [-0.25, -0.2) is 4.99 Å². The lowest BCUT2D eigenvalue weighted by Crippen LogP contribution is -2.42. The summed E-state index contributed by atoms with van der Waals surface area (Å²) in [4.78, 5) is 21.7. The van der Waals surface area contributed by atoms with Gasteiger partial charge < -0.3 is 15.1 Å². The van der Waals surface area contributed by atoms with Gasteiger partial charge in [-0.1, -0.05) is 32.0 Å². The molecular formula is C20H33IN4OS. The number of halogens is 1. The molecule has 0 aliphatic carbocycles. The molecule has 0 bridgehead atoms. The predicted molar refractivity (Wildman–Crippen MR) is 126 cm³/mol. The van der Waals surface area contributed by atoms with Crippen molar-refractivity contribution in [2.75, 3.05) is 46.0 Å². The van der Waals surface area contributed by atoms with Crippen molar-refractivity contribution in [2.24, 2.45) is 16.8 Å². The molecule has 1 atom stereocenters. The van der Waals surface area contributed by atoms with Gasteiger partial charge in [-0.3, -0.25) is 4.79 Å². The number of hydrogen-bond donors (Lipinski definition) is 1. The Balaban J connectivity index is 0.00000364. The van der Waals surface area contributed by atoms with E-state index in [1.807, 2.05) is 11.8 Å². The van der Waals surface area contributed by atoms with Crippen molar-refractivity contribution < 1.29 is 4.79 Å². The SMILES string of the molecule is CC(C)CNC(=NCC(=O)N(C)C)N1CCC(CSc2ccccc2)C1.I. The van der Waals surface area contributed by atoms with Gasteiger partial charge in [0.2, 0.25) is 5.91 Å². The van der Waals surface area contributed by atoms with E-state index in [1.165, 1.54) is 11.3 Å². The Hall–Kier alpha value is -0.960. The molecule has 1 aromatic carbocycles. The predicted octanol–water partition coefficient (Wildman–Crippen LogP) is 3.41. The second kappa shape index (κ2) is 12.5. The van der Waals surface area contributed by atoms with Crippen LogP contribution in [-0.4, -0.2) is 67.7 Å². The molecule has 27 heavy (non-hydrogen) atoms. The summed E-state index contributed by atoms with van der Waals surface area (Å²) in [7, 11) is 3.54. The van der Waals surface area contributed by atoms with E-state index in [4.69, 9.17) is 0 Å². The second-order valence-electron chi connectivity index (χ2n) is 7.43. The highest BCUT2D eigenvalue weighted by atomic mass is 127. The molecule has 1 aliphatic rings. The summed E-state index contributed by atoms with van der Waals surface area (Å²) in [5, 5.41) is 3.45. The standard InChI is InChI=1S/C20H32N4OS.HI/c1-16(2)12-21-20(22-13-19(25)23(3)4)24-11-10-17(14-24)15-26-18-8-6-5-7-9-18;/h5-9,16-17H,10-15H2,1-4H3,(H,21,22);1H. The number of aliphatic imine (C=N–C) groups is 1. The minimum atomic E-state index is 0. The highest BCUT2D eigenvalue weighted by molar-refractivity contribution is 14.0. The minimum absolute atomic E-state index is 0. The van der Waals surface area contributed by atoms with E-state index in [-0.39, 0.29) is 36.4 Å². The number of nitrogens with one attached hydrogen (secondary N) is 1. The largest absolute Gasteiger partial charge is 0.356 e. The molecule has 1 N–H and O–H groups in total. The first-order valence-corrected chi connectivity index (χ1v) is 10.4. The monoisotopic (exact) mass is 504 g/mol. The quantitative estimate of drug-likeness (QED) is 0.268. The summed E-state index contributed by atoms with van der Waals surface area (Å²) in [6.07, 6.45) is 1.17. The lowest BCUT2D eigenvalue weighted by Gasteiger charge is -2.23. The van der Waals surface area contributed by atoms with E-state index in [0.29, 0.717) is 11.8 Å². The van der Waals surface area contributed by atoms with Crippen LogP contribution in [0.25, 0.3) is 0 Å². The molecule has 1 aromatic rings. The molecule has 1 aliphatic heterocycles. The average Bonchev–Trinajstić information content (AvgIpc) is 3.09. The number of hydrogen-bond acceptors (Lipinski definition) is 3. The number of likely N-dealkylation sites (tertiary alicyclic amines) is 1. The summed E-state index contributed by atoms with van der Waals surface area (Å²) in [5.41, 5.74) is 0. The van der Waals surface area contributed by atoms with Gasteiger partial charge in [0.05, 0.1) is 0 Å². The van der Waals surface area contributed by atoms with Gasteiger partial charge in [-0.2, -0.15) is 0 Å². The lowest BCUT2D eigenvalue weighted by atomic mass is 10.2. The summed E-state index contributed by atoms with van der Waals surface area (Å²) in [6, 6.07) is 10.6. The van der Waals surface area contributed by atoms with Crippen molar-refractivity contribution >= 4 is 47.6 Å². The molecule has 0 radical (unpaired) electrons. The first-order valence-electron chi connectivity index (χ1n) is 9.37. The van der Waals surface area contributed by atoms with Gasteiger partial charge in [0.15, 0.2) is 5.96 Å². The summed E-state index contributed by atoms with van der Waals surface area (Å²) >= 11 is 1.92. The molecule has 1 heterocycles. The molecule has 0 spiro atoms. The number of carbonyl (C=O) groups is 1. The van der Waals surface area contributed by atoms with Crippen molar-refractivity contribution in [3.05, 3.63) is 30.3 Å². The van der Waals surface area contributed by atoms with Gasteiger partial charge in [0.25, 0.3) is 0 Å². The molecule has 0 aromatic heterocycles. The topological polar surface area (TPSA) is 47.9 Å². The third-order valence-corrected chi connectivity index (χ3v) is 5.59. The van der Waals surface area contributed by atoms with Crippen LogP contribution in [0.2, 0.25) is 0 Å². The third kappa shape index (κ3) is 8.72. The maximum Gasteiger partial charge on any atom is 0.243 e. The van der Waals surface area contributed by atoms with Gasteiger partial charge in [0, 0.05) is 44.4 Å². The lowest BCUT2D eigenvalue weighted by molar-refractivity contribution is -0.127. The van der Waals surface area contributed by atoms with Crippen molar-refractivity contribution in [3.8, 4) is 0 Å². The number of carbonyl (C=O) groups excluding carboxylic acids is 1. The molecule has 1 fully saturated rings. The molecule has 152 valence electrons. The van der Waals surface area contributed by atoms with E-state index in [9.17, 15) is 4.79 Å². The molecular weight excluding hydrogens is 471 g/mol. The van der Waals surface area contributed by atoms with Gasteiger partial charge >= 0.3 is 0 Å². The Kier molecular flexibility index (Phi) is 11.1. The fourth-order valence-electron chi connectivity index (χ4n) is 2.74. The summed E-state index contributed by atoms with van der Waals surface area (Å²) < 4.78 is 0. The number of likely N-dealkylation sites (N-methyl/N-ethyl adjacent to an activating group) is 1. The normalized spacial score (nSPS) is 17.0. The van der Waals surface area contributed by atoms with Crippen LogP contribution >= 0.6 is 35.7 Å². The summed E-state index contributed by atoms with van der Waals surface area (Å²) in [5.74, 6) is 3.21. The molecule has 1 saturated heterocycles. The Labute approximate surface area is 185 Å². The van der Waals surface area contributed by atoms with Crippen LogP contribution in [0, 0.1) is 11.8 Å². The van der Waals surface area contributed by atoms with Crippen LogP contribution in [0.4, 0.5) is 0 Å².